The molecule has 1 unspecified atom stereocenters. The predicted molar refractivity (Wildman–Crippen MR) is 239 cm³/mol. The van der Waals surface area contributed by atoms with E-state index in [4.69, 9.17) is 0 Å². The number of fused-ring (bicyclic) bond motifs is 6. The van der Waals surface area contributed by atoms with Gasteiger partial charge in [0.25, 0.3) is 0 Å². The Labute approximate surface area is 328 Å². The van der Waals surface area contributed by atoms with E-state index in [1.807, 2.05) is 0 Å². The first-order valence-corrected chi connectivity index (χ1v) is 19.7. The lowest BCUT2D eigenvalue weighted by Crippen LogP contribution is -1.94. The zero-order chi connectivity index (χ0) is 37.2. The Balaban J connectivity index is 1.13. The molecule has 0 bridgehead atoms. The van der Waals surface area contributed by atoms with Gasteiger partial charge in [0, 0.05) is 5.92 Å². The summed E-state index contributed by atoms with van der Waals surface area (Å²) in [5.41, 5.74) is 18.0. The molecular formula is C56H38. The van der Waals surface area contributed by atoms with Crippen LogP contribution in [0, 0.1) is 0 Å². The van der Waals surface area contributed by atoms with E-state index in [-0.39, 0.29) is 0 Å². The van der Waals surface area contributed by atoms with E-state index in [0.29, 0.717) is 5.92 Å². The van der Waals surface area contributed by atoms with Gasteiger partial charge in [0.15, 0.2) is 0 Å². The van der Waals surface area contributed by atoms with Crippen LogP contribution in [0.1, 0.15) is 24.0 Å². The van der Waals surface area contributed by atoms with Crippen molar-refractivity contribution in [3.8, 4) is 66.8 Å². The highest BCUT2D eigenvalue weighted by Crippen LogP contribution is 2.50. The van der Waals surface area contributed by atoms with Crippen LogP contribution >= 0.6 is 0 Å². The lowest BCUT2D eigenvalue weighted by Gasteiger charge is -2.20. The summed E-state index contributed by atoms with van der Waals surface area (Å²) in [6, 6.07) is 76.4. The van der Waals surface area contributed by atoms with E-state index in [0.717, 1.165) is 0 Å². The Kier molecular flexibility index (Phi) is 7.57. The number of hydrogen-bond acceptors (Lipinski definition) is 0. The van der Waals surface area contributed by atoms with E-state index >= 15 is 0 Å². The van der Waals surface area contributed by atoms with Gasteiger partial charge in [-0.15, -0.1) is 0 Å². The van der Waals surface area contributed by atoms with Gasteiger partial charge < -0.3 is 0 Å². The SMILES string of the molecule is CC1c2ccccc2-c2ccc(-c3c4ccccc4c(-c4ccc(-c5cc(-c6ccccc6)cc(-c6ccccc6)c5)c5ccccc45)c4ccccc34)cc21. The van der Waals surface area contributed by atoms with Gasteiger partial charge in [0.05, 0.1) is 0 Å². The summed E-state index contributed by atoms with van der Waals surface area (Å²) in [4.78, 5) is 0. The molecule has 11 rings (SSSR count). The topological polar surface area (TPSA) is 0 Å². The number of benzene rings is 10. The molecule has 0 nitrogen and oxygen atoms in total. The monoisotopic (exact) mass is 710 g/mol. The summed E-state index contributed by atoms with van der Waals surface area (Å²) in [6.07, 6.45) is 0. The van der Waals surface area contributed by atoms with Crippen LogP contribution < -0.4 is 0 Å². The second-order valence-corrected chi connectivity index (χ2v) is 15.2. The van der Waals surface area contributed by atoms with Crippen molar-refractivity contribution < 1.29 is 0 Å². The third kappa shape index (κ3) is 5.14. The van der Waals surface area contributed by atoms with Gasteiger partial charge in [-0.25, -0.2) is 0 Å². The van der Waals surface area contributed by atoms with Crippen LogP contribution in [0.25, 0.3) is 99.1 Å². The summed E-state index contributed by atoms with van der Waals surface area (Å²) in [5.74, 6) is 0.361. The Morgan fingerprint density at radius 2 is 0.679 bits per heavy atom. The average molecular weight is 711 g/mol. The van der Waals surface area contributed by atoms with Gasteiger partial charge >= 0.3 is 0 Å². The minimum Gasteiger partial charge on any atom is -0.0622 e. The summed E-state index contributed by atoms with van der Waals surface area (Å²) in [7, 11) is 0. The highest BCUT2D eigenvalue weighted by atomic mass is 14.3. The van der Waals surface area contributed by atoms with Crippen LogP contribution in [0.3, 0.4) is 0 Å². The Hall–Kier alpha value is -7.02. The zero-order valence-electron chi connectivity index (χ0n) is 31.2. The second kappa shape index (κ2) is 13.1. The van der Waals surface area contributed by atoms with Crippen molar-refractivity contribution in [1.82, 2.24) is 0 Å². The quantitative estimate of drug-likeness (QED) is 0.156. The van der Waals surface area contributed by atoms with E-state index in [1.54, 1.807) is 0 Å². The standard InChI is InChI=1S/C56H38/c1-36-43-20-8-9-21-45(43)48-29-28-39(35-54(36)48)55-49-24-12-14-26-51(49)56(52-27-15-13-25-50(52)55)53-31-30-44(46-22-10-11-23-47(46)53)42-33-40(37-16-4-2-5-17-37)32-41(34-42)38-18-6-3-7-19-38/h2-36H,1H3. The summed E-state index contributed by atoms with van der Waals surface area (Å²) in [5, 5.41) is 7.60. The fraction of sp³-hybridized carbons (Fsp3) is 0.0357. The summed E-state index contributed by atoms with van der Waals surface area (Å²) in [6.45, 7) is 2.35. The second-order valence-electron chi connectivity index (χ2n) is 15.2. The van der Waals surface area contributed by atoms with Gasteiger partial charge in [-0.1, -0.05) is 189 Å². The molecule has 10 aromatic rings. The molecular weight excluding hydrogens is 673 g/mol. The maximum absolute atomic E-state index is 2.46. The van der Waals surface area contributed by atoms with E-state index in [1.165, 1.54) is 110 Å². The highest BCUT2D eigenvalue weighted by molar-refractivity contribution is 6.24. The molecule has 0 heteroatoms. The summed E-state index contributed by atoms with van der Waals surface area (Å²) < 4.78 is 0. The normalized spacial score (nSPS) is 13.3. The minimum atomic E-state index is 0.361. The average Bonchev–Trinajstić information content (AvgIpc) is 3.56. The Bertz CT molecular complexity index is 3020. The molecule has 56 heavy (non-hydrogen) atoms. The van der Waals surface area contributed by atoms with Crippen molar-refractivity contribution in [2.24, 2.45) is 0 Å². The maximum Gasteiger partial charge on any atom is 0.00735 e. The van der Waals surface area contributed by atoms with Gasteiger partial charge in [-0.2, -0.15) is 0 Å². The molecule has 0 saturated heterocycles. The maximum atomic E-state index is 2.46. The van der Waals surface area contributed by atoms with Crippen molar-refractivity contribution in [1.29, 1.82) is 0 Å². The van der Waals surface area contributed by atoms with Crippen molar-refractivity contribution in [2.75, 3.05) is 0 Å². The first kappa shape index (κ1) is 32.4. The van der Waals surface area contributed by atoms with Gasteiger partial charge in [-0.3, -0.25) is 0 Å². The lowest BCUT2D eigenvalue weighted by molar-refractivity contribution is 0.957. The van der Waals surface area contributed by atoms with Gasteiger partial charge in [0.1, 0.15) is 0 Å². The fourth-order valence-corrected chi connectivity index (χ4v) is 9.49. The molecule has 0 radical (unpaired) electrons. The largest absolute Gasteiger partial charge is 0.0622 e. The molecule has 0 spiro atoms. The molecule has 0 aliphatic heterocycles. The fourth-order valence-electron chi connectivity index (χ4n) is 9.49. The first-order valence-electron chi connectivity index (χ1n) is 19.7. The predicted octanol–water partition coefficient (Wildman–Crippen LogP) is 15.6. The smallest absolute Gasteiger partial charge is 0.00735 e. The molecule has 0 saturated carbocycles. The van der Waals surface area contributed by atoms with Crippen LogP contribution in [-0.4, -0.2) is 0 Å². The molecule has 0 amide bonds. The van der Waals surface area contributed by atoms with Crippen LogP contribution in [0.2, 0.25) is 0 Å². The van der Waals surface area contributed by atoms with E-state index in [2.05, 4.69) is 213 Å². The molecule has 0 aromatic heterocycles. The molecule has 10 aromatic carbocycles. The molecule has 0 fully saturated rings. The third-order valence-electron chi connectivity index (χ3n) is 12.1. The van der Waals surface area contributed by atoms with Crippen molar-refractivity contribution >= 4 is 32.3 Å². The van der Waals surface area contributed by atoms with Crippen LogP contribution in [-0.2, 0) is 0 Å². The highest BCUT2D eigenvalue weighted by Gasteiger charge is 2.26. The van der Waals surface area contributed by atoms with Crippen molar-refractivity contribution in [3.05, 3.63) is 217 Å². The van der Waals surface area contributed by atoms with E-state index in [9.17, 15) is 0 Å². The molecule has 1 aliphatic carbocycles. The molecule has 262 valence electrons. The molecule has 1 atom stereocenters. The zero-order valence-corrected chi connectivity index (χ0v) is 31.2. The molecule has 1 aliphatic rings. The summed E-state index contributed by atoms with van der Waals surface area (Å²) >= 11 is 0. The molecule has 0 heterocycles. The third-order valence-corrected chi connectivity index (χ3v) is 12.1. The Morgan fingerprint density at radius 1 is 0.250 bits per heavy atom. The van der Waals surface area contributed by atoms with Gasteiger partial charge in [-0.05, 0) is 134 Å². The van der Waals surface area contributed by atoms with Crippen molar-refractivity contribution in [3.63, 3.8) is 0 Å². The van der Waals surface area contributed by atoms with Crippen LogP contribution in [0.4, 0.5) is 0 Å². The van der Waals surface area contributed by atoms with E-state index < -0.39 is 0 Å². The van der Waals surface area contributed by atoms with Crippen LogP contribution in [0.5, 0.6) is 0 Å². The Morgan fingerprint density at radius 3 is 1.29 bits per heavy atom. The molecule has 0 N–H and O–H groups in total. The van der Waals surface area contributed by atoms with Crippen LogP contribution in [0.15, 0.2) is 206 Å². The van der Waals surface area contributed by atoms with Crippen molar-refractivity contribution in [2.45, 2.75) is 12.8 Å². The lowest BCUT2D eigenvalue weighted by atomic mass is 9.83. The number of rotatable bonds is 5. The number of hydrogen-bond donors (Lipinski definition) is 0. The first-order chi connectivity index (χ1) is 27.7. The minimum absolute atomic E-state index is 0.361. The van der Waals surface area contributed by atoms with Gasteiger partial charge in [0.2, 0.25) is 0 Å².